The molecule has 0 aromatic heterocycles. The highest BCUT2D eigenvalue weighted by atomic mass is 32.1. The van der Waals surface area contributed by atoms with E-state index >= 15 is 0 Å². The van der Waals surface area contributed by atoms with Gasteiger partial charge in [-0.05, 0) is 48.9 Å². The molecule has 5 atom stereocenters. The summed E-state index contributed by atoms with van der Waals surface area (Å²) >= 11 is 5.04. The third-order valence-electron chi connectivity index (χ3n) is 5.31. The van der Waals surface area contributed by atoms with Crippen molar-refractivity contribution in [1.82, 2.24) is 5.32 Å². The molecule has 0 spiro atoms. The van der Waals surface area contributed by atoms with E-state index in [0.717, 1.165) is 11.8 Å². The largest absolute Gasteiger partial charge is 0.392 e. The molecule has 0 heterocycles. The molecule has 0 saturated heterocycles. The van der Waals surface area contributed by atoms with Crippen molar-refractivity contribution < 1.29 is 4.79 Å². The second-order valence-electron chi connectivity index (χ2n) is 6.65. The Hall–Kier alpha value is -0.640. The van der Waals surface area contributed by atoms with Gasteiger partial charge >= 0.3 is 0 Å². The molecule has 100 valence electrons. The Morgan fingerprint density at radius 3 is 2.28 bits per heavy atom. The van der Waals surface area contributed by atoms with Crippen molar-refractivity contribution in [2.75, 3.05) is 0 Å². The summed E-state index contributed by atoms with van der Waals surface area (Å²) in [7, 11) is 0. The van der Waals surface area contributed by atoms with Crippen LogP contribution in [0.1, 0.15) is 33.1 Å². The Morgan fingerprint density at radius 2 is 1.83 bits per heavy atom. The number of thiocarbonyl (C=S) groups is 1. The monoisotopic (exact) mass is 266 g/mol. The van der Waals surface area contributed by atoms with Crippen LogP contribution in [0.4, 0.5) is 0 Å². The molecule has 4 heteroatoms. The molecule has 18 heavy (non-hydrogen) atoms. The molecule has 0 aromatic rings. The van der Waals surface area contributed by atoms with Crippen molar-refractivity contribution in [1.29, 1.82) is 0 Å². The minimum atomic E-state index is -0.147. The molecule has 3 nitrogen and oxygen atoms in total. The summed E-state index contributed by atoms with van der Waals surface area (Å²) in [5.74, 6) is 3.77. The Morgan fingerprint density at radius 1 is 1.28 bits per heavy atom. The van der Waals surface area contributed by atoms with Gasteiger partial charge in [0.2, 0.25) is 5.91 Å². The van der Waals surface area contributed by atoms with Crippen molar-refractivity contribution in [2.24, 2.45) is 41.2 Å². The third kappa shape index (κ3) is 1.77. The van der Waals surface area contributed by atoms with Gasteiger partial charge in [-0.25, -0.2) is 0 Å². The van der Waals surface area contributed by atoms with E-state index in [0.29, 0.717) is 16.8 Å². The van der Waals surface area contributed by atoms with E-state index in [-0.39, 0.29) is 23.8 Å². The van der Waals surface area contributed by atoms with Gasteiger partial charge in [0.05, 0.1) is 11.0 Å². The van der Waals surface area contributed by atoms with Gasteiger partial charge in [0.25, 0.3) is 0 Å². The van der Waals surface area contributed by atoms with Gasteiger partial charge in [0.1, 0.15) is 0 Å². The number of nitrogens with two attached hydrogens (primary N) is 1. The molecule has 0 aliphatic heterocycles. The quantitative estimate of drug-likeness (QED) is 0.762. The van der Waals surface area contributed by atoms with E-state index in [1.807, 2.05) is 13.8 Å². The smallest absolute Gasteiger partial charge is 0.224 e. The van der Waals surface area contributed by atoms with Gasteiger partial charge < -0.3 is 11.1 Å². The van der Waals surface area contributed by atoms with Crippen LogP contribution < -0.4 is 11.1 Å². The second-order valence-corrected chi connectivity index (χ2v) is 7.12. The molecule has 3 fully saturated rings. The lowest BCUT2D eigenvalue weighted by Gasteiger charge is -2.21. The lowest BCUT2D eigenvalue weighted by molar-refractivity contribution is -0.123. The Bertz CT molecular complexity index is 379. The first-order valence-electron chi connectivity index (χ1n) is 7.10. The zero-order valence-corrected chi connectivity index (χ0v) is 11.9. The first kappa shape index (κ1) is 12.4. The predicted octanol–water partition coefficient (Wildman–Crippen LogP) is 1.71. The third-order valence-corrected chi connectivity index (χ3v) is 5.56. The van der Waals surface area contributed by atoms with Gasteiger partial charge in [0.15, 0.2) is 0 Å². The van der Waals surface area contributed by atoms with Crippen LogP contribution in [-0.2, 0) is 4.79 Å². The topological polar surface area (TPSA) is 55.1 Å². The Labute approximate surface area is 114 Å². The van der Waals surface area contributed by atoms with E-state index < -0.39 is 0 Å². The number of fused-ring (bicyclic) bond motifs is 5. The fraction of sp³-hybridized carbons (Fsp3) is 0.857. The normalized spacial score (nSPS) is 41.6. The molecule has 2 bridgehead atoms. The van der Waals surface area contributed by atoms with Crippen molar-refractivity contribution in [3.8, 4) is 0 Å². The molecule has 3 aliphatic rings. The Kier molecular flexibility index (Phi) is 2.88. The highest BCUT2D eigenvalue weighted by molar-refractivity contribution is 7.80. The molecule has 3 saturated carbocycles. The second kappa shape index (κ2) is 4.19. The zero-order valence-electron chi connectivity index (χ0n) is 11.1. The van der Waals surface area contributed by atoms with E-state index in [4.69, 9.17) is 18.0 Å². The van der Waals surface area contributed by atoms with Crippen LogP contribution in [0.3, 0.4) is 0 Å². The van der Waals surface area contributed by atoms with Gasteiger partial charge in [-0.2, -0.15) is 0 Å². The maximum absolute atomic E-state index is 12.3. The lowest BCUT2D eigenvalue weighted by atomic mass is 10.00. The summed E-state index contributed by atoms with van der Waals surface area (Å²) in [5.41, 5.74) is 5.71. The lowest BCUT2D eigenvalue weighted by Crippen LogP contribution is -2.47. The van der Waals surface area contributed by atoms with E-state index in [2.05, 4.69) is 5.32 Å². The summed E-state index contributed by atoms with van der Waals surface area (Å²) in [5, 5.41) is 3.07. The zero-order chi connectivity index (χ0) is 13.0. The minimum Gasteiger partial charge on any atom is -0.392 e. The number of hydrogen-bond acceptors (Lipinski definition) is 2. The molecule has 0 radical (unpaired) electrons. The van der Waals surface area contributed by atoms with E-state index in [1.165, 1.54) is 19.3 Å². The maximum Gasteiger partial charge on any atom is 0.224 e. The molecule has 3 N–H and O–H groups in total. The molecule has 5 unspecified atom stereocenters. The number of nitrogens with one attached hydrogen (secondary N) is 1. The van der Waals surface area contributed by atoms with E-state index in [9.17, 15) is 4.79 Å². The van der Waals surface area contributed by atoms with Crippen LogP contribution in [-0.4, -0.2) is 16.9 Å². The average molecular weight is 266 g/mol. The summed E-state index contributed by atoms with van der Waals surface area (Å²) < 4.78 is 0. The summed E-state index contributed by atoms with van der Waals surface area (Å²) in [6, 6.07) is -0.147. The van der Waals surface area contributed by atoms with Crippen molar-refractivity contribution in [2.45, 2.75) is 39.2 Å². The van der Waals surface area contributed by atoms with Crippen LogP contribution in [0.5, 0.6) is 0 Å². The van der Waals surface area contributed by atoms with Crippen LogP contribution in [0, 0.1) is 35.5 Å². The standard InChI is InChI=1S/C14H22N2OS/c1-6(2)12(13(15)18)16-14(17)11-9-7-3-4-8(5-7)10(9)11/h6-12H,3-5H2,1-2H3,(H2,15,18)(H,16,17). The van der Waals surface area contributed by atoms with Gasteiger partial charge in [-0.1, -0.05) is 26.1 Å². The number of hydrogen-bond donors (Lipinski definition) is 2. The van der Waals surface area contributed by atoms with Crippen molar-refractivity contribution in [3.05, 3.63) is 0 Å². The first-order valence-corrected chi connectivity index (χ1v) is 7.51. The molecule has 3 rings (SSSR count). The van der Waals surface area contributed by atoms with Crippen LogP contribution in [0.2, 0.25) is 0 Å². The Balaban J connectivity index is 1.62. The number of carbonyl (C=O) groups excluding carboxylic acids is 1. The van der Waals surface area contributed by atoms with Gasteiger partial charge in [-0.15, -0.1) is 0 Å². The maximum atomic E-state index is 12.3. The minimum absolute atomic E-state index is 0.147. The van der Waals surface area contributed by atoms with Gasteiger partial charge in [0, 0.05) is 5.92 Å². The number of amides is 1. The predicted molar refractivity (Wildman–Crippen MR) is 74.9 cm³/mol. The molecular formula is C14H22N2OS. The highest BCUT2D eigenvalue weighted by Gasteiger charge is 2.67. The van der Waals surface area contributed by atoms with Crippen molar-refractivity contribution >= 4 is 23.1 Å². The SMILES string of the molecule is CC(C)C(NC(=O)C1C2C3CCC(C3)C12)C(N)=S. The molecule has 1 amide bonds. The fourth-order valence-electron chi connectivity index (χ4n) is 4.49. The highest BCUT2D eigenvalue weighted by Crippen LogP contribution is 2.69. The molecular weight excluding hydrogens is 244 g/mol. The van der Waals surface area contributed by atoms with Crippen LogP contribution in [0.15, 0.2) is 0 Å². The van der Waals surface area contributed by atoms with Gasteiger partial charge in [-0.3, -0.25) is 4.79 Å². The van der Waals surface area contributed by atoms with E-state index in [1.54, 1.807) is 0 Å². The fourth-order valence-corrected chi connectivity index (χ4v) is 4.82. The van der Waals surface area contributed by atoms with Crippen LogP contribution in [0.25, 0.3) is 0 Å². The molecule has 0 aromatic carbocycles. The average Bonchev–Trinajstić information content (AvgIpc) is 2.74. The summed E-state index contributed by atoms with van der Waals surface area (Å²) in [6.07, 6.45) is 4.07. The number of carbonyl (C=O) groups is 1. The van der Waals surface area contributed by atoms with Crippen molar-refractivity contribution in [3.63, 3.8) is 0 Å². The van der Waals surface area contributed by atoms with Crippen LogP contribution >= 0.6 is 12.2 Å². The summed E-state index contributed by atoms with van der Waals surface area (Å²) in [6.45, 7) is 4.09. The first-order chi connectivity index (χ1) is 8.50. The molecule has 3 aliphatic carbocycles. The summed E-state index contributed by atoms with van der Waals surface area (Å²) in [4.78, 5) is 12.7. The number of rotatable bonds is 4.